The van der Waals surface area contributed by atoms with Crippen LogP contribution < -0.4 is 0 Å². The van der Waals surface area contributed by atoms with Gasteiger partial charge in [-0.25, -0.2) is 4.98 Å². The molecule has 5 heteroatoms. The first kappa shape index (κ1) is 15.6. The summed E-state index contributed by atoms with van der Waals surface area (Å²) in [5.41, 5.74) is 3.18. The molecule has 0 aliphatic carbocycles. The summed E-state index contributed by atoms with van der Waals surface area (Å²) in [5, 5.41) is 2.20. The van der Waals surface area contributed by atoms with Gasteiger partial charge in [0.1, 0.15) is 5.01 Å². The average Bonchev–Trinajstić information content (AvgIpc) is 3.39. The van der Waals surface area contributed by atoms with Gasteiger partial charge in [0.05, 0.1) is 22.7 Å². The zero-order chi connectivity index (χ0) is 17.5. The van der Waals surface area contributed by atoms with Crippen molar-refractivity contribution in [2.75, 3.05) is 6.54 Å². The number of hydrogen-bond donors (Lipinski definition) is 1. The number of likely N-dealkylation sites (tertiary alicyclic amines) is 1. The smallest absolute Gasteiger partial charge is 0.227 e. The second kappa shape index (κ2) is 6.25. The summed E-state index contributed by atoms with van der Waals surface area (Å²) >= 11 is 1.72. The molecule has 1 amide bonds. The van der Waals surface area contributed by atoms with Crippen molar-refractivity contribution in [2.24, 2.45) is 0 Å². The zero-order valence-electron chi connectivity index (χ0n) is 14.3. The van der Waals surface area contributed by atoms with E-state index in [-0.39, 0.29) is 11.9 Å². The number of hydrogen-bond acceptors (Lipinski definition) is 3. The molecule has 2 aromatic heterocycles. The highest BCUT2D eigenvalue weighted by Gasteiger charge is 2.32. The van der Waals surface area contributed by atoms with Gasteiger partial charge in [-0.2, -0.15) is 0 Å². The third-order valence-corrected chi connectivity index (χ3v) is 6.32. The van der Waals surface area contributed by atoms with Crippen LogP contribution in [0, 0.1) is 0 Å². The van der Waals surface area contributed by atoms with Crippen LogP contribution in [0.1, 0.15) is 29.5 Å². The van der Waals surface area contributed by atoms with Gasteiger partial charge in [-0.1, -0.05) is 30.3 Å². The number of aromatic amines is 1. The van der Waals surface area contributed by atoms with Crippen molar-refractivity contribution in [3.63, 3.8) is 0 Å². The van der Waals surface area contributed by atoms with E-state index in [9.17, 15) is 4.79 Å². The molecule has 1 aliphatic rings. The molecule has 1 N–H and O–H groups in total. The molecule has 1 unspecified atom stereocenters. The van der Waals surface area contributed by atoms with E-state index in [2.05, 4.69) is 17.1 Å². The molecule has 5 rings (SSSR count). The lowest BCUT2D eigenvalue weighted by molar-refractivity contribution is -0.131. The lowest BCUT2D eigenvalue weighted by atomic mass is 10.1. The maximum absolute atomic E-state index is 13.0. The van der Waals surface area contributed by atoms with Crippen molar-refractivity contribution < 1.29 is 4.79 Å². The van der Waals surface area contributed by atoms with Gasteiger partial charge in [0, 0.05) is 23.6 Å². The molecule has 1 atom stereocenters. The van der Waals surface area contributed by atoms with E-state index >= 15 is 0 Å². The van der Waals surface area contributed by atoms with Crippen LogP contribution in [0.3, 0.4) is 0 Å². The van der Waals surface area contributed by atoms with Gasteiger partial charge < -0.3 is 9.88 Å². The second-order valence-electron chi connectivity index (χ2n) is 6.80. The summed E-state index contributed by atoms with van der Waals surface area (Å²) in [5.74, 6) is 0.191. The van der Waals surface area contributed by atoms with E-state index in [1.165, 1.54) is 4.70 Å². The zero-order valence-corrected chi connectivity index (χ0v) is 15.1. The number of aromatic nitrogens is 2. The number of rotatable bonds is 3. The summed E-state index contributed by atoms with van der Waals surface area (Å²) in [6.45, 7) is 0.821. The molecular formula is C21H19N3OS. The number of nitrogens with one attached hydrogen (secondary N) is 1. The quantitative estimate of drug-likeness (QED) is 0.576. The summed E-state index contributed by atoms with van der Waals surface area (Å²) in [6.07, 6.45) is 4.44. The first-order valence-electron chi connectivity index (χ1n) is 8.99. The Balaban J connectivity index is 1.42. The molecular weight excluding hydrogens is 342 g/mol. The van der Waals surface area contributed by atoms with Gasteiger partial charge in [-0.3, -0.25) is 4.79 Å². The molecule has 130 valence electrons. The summed E-state index contributed by atoms with van der Waals surface area (Å²) in [6, 6.07) is 16.5. The number of thiazole rings is 1. The molecule has 0 radical (unpaired) electrons. The van der Waals surface area contributed by atoms with Crippen LogP contribution in [0.5, 0.6) is 0 Å². The monoisotopic (exact) mass is 361 g/mol. The number of benzene rings is 2. The van der Waals surface area contributed by atoms with Crippen LogP contribution in [-0.2, 0) is 11.2 Å². The van der Waals surface area contributed by atoms with E-state index in [0.29, 0.717) is 6.42 Å². The van der Waals surface area contributed by atoms with E-state index in [0.717, 1.165) is 46.4 Å². The number of carbonyl (C=O) groups is 1. The number of carbonyl (C=O) groups excluding carboxylic acids is 1. The highest BCUT2D eigenvalue weighted by molar-refractivity contribution is 7.18. The Bertz CT molecular complexity index is 1060. The van der Waals surface area contributed by atoms with E-state index in [1.54, 1.807) is 11.3 Å². The lowest BCUT2D eigenvalue weighted by Gasteiger charge is -2.23. The fourth-order valence-electron chi connectivity index (χ4n) is 3.90. The number of amides is 1. The fourth-order valence-corrected chi connectivity index (χ4v) is 5.01. The first-order chi connectivity index (χ1) is 12.8. The Hall–Kier alpha value is -2.66. The largest absolute Gasteiger partial charge is 0.361 e. The Morgan fingerprint density at radius 1 is 1.19 bits per heavy atom. The molecule has 1 aliphatic heterocycles. The molecule has 3 heterocycles. The first-order valence-corrected chi connectivity index (χ1v) is 9.81. The number of nitrogens with zero attached hydrogens (tertiary/aromatic N) is 2. The third-order valence-electron chi connectivity index (χ3n) is 5.19. The van der Waals surface area contributed by atoms with Crippen LogP contribution in [0.15, 0.2) is 54.7 Å². The van der Waals surface area contributed by atoms with Gasteiger partial charge in [-0.15, -0.1) is 11.3 Å². The average molecular weight is 361 g/mol. The van der Waals surface area contributed by atoms with Crippen molar-refractivity contribution in [3.05, 3.63) is 65.3 Å². The van der Waals surface area contributed by atoms with Crippen LogP contribution in [0.25, 0.3) is 21.1 Å². The Morgan fingerprint density at radius 3 is 2.96 bits per heavy atom. The van der Waals surface area contributed by atoms with Gasteiger partial charge in [0.15, 0.2) is 0 Å². The molecule has 4 nitrogen and oxygen atoms in total. The minimum atomic E-state index is 0.116. The highest BCUT2D eigenvalue weighted by Crippen LogP contribution is 2.37. The molecule has 4 aromatic rings. The maximum Gasteiger partial charge on any atom is 0.227 e. The highest BCUT2D eigenvalue weighted by atomic mass is 32.1. The molecule has 0 bridgehead atoms. The van der Waals surface area contributed by atoms with Crippen LogP contribution >= 0.6 is 11.3 Å². The predicted octanol–water partition coefficient (Wildman–Crippen LogP) is 4.68. The minimum absolute atomic E-state index is 0.116. The van der Waals surface area contributed by atoms with Gasteiger partial charge in [0.25, 0.3) is 0 Å². The fraction of sp³-hybridized carbons (Fsp3) is 0.238. The van der Waals surface area contributed by atoms with E-state index < -0.39 is 0 Å². The van der Waals surface area contributed by atoms with Crippen molar-refractivity contribution in [2.45, 2.75) is 25.3 Å². The summed E-state index contributed by atoms with van der Waals surface area (Å²) in [4.78, 5) is 23.1. The van der Waals surface area contributed by atoms with Gasteiger partial charge in [0.2, 0.25) is 5.91 Å². The molecule has 26 heavy (non-hydrogen) atoms. The summed E-state index contributed by atoms with van der Waals surface area (Å²) < 4.78 is 1.19. The normalized spacial score (nSPS) is 17.4. The van der Waals surface area contributed by atoms with E-state index in [4.69, 9.17) is 4.98 Å². The minimum Gasteiger partial charge on any atom is -0.361 e. The third kappa shape index (κ3) is 2.59. The Labute approximate surface area is 155 Å². The van der Waals surface area contributed by atoms with Crippen molar-refractivity contribution >= 4 is 38.4 Å². The number of para-hydroxylation sites is 2. The van der Waals surface area contributed by atoms with Gasteiger partial charge >= 0.3 is 0 Å². The summed E-state index contributed by atoms with van der Waals surface area (Å²) in [7, 11) is 0. The Kier molecular flexibility index (Phi) is 3.75. The SMILES string of the molecule is O=C(Cc1c[nH]c2ccccc12)N1CCCC1c1nc2ccccc2s1. The second-order valence-corrected chi connectivity index (χ2v) is 7.86. The predicted molar refractivity (Wildman–Crippen MR) is 105 cm³/mol. The number of H-pyrrole nitrogens is 1. The van der Waals surface area contributed by atoms with Crippen LogP contribution in [0.2, 0.25) is 0 Å². The van der Waals surface area contributed by atoms with Crippen molar-refractivity contribution in [1.82, 2.24) is 14.9 Å². The number of fused-ring (bicyclic) bond motifs is 2. The van der Waals surface area contributed by atoms with Crippen molar-refractivity contribution in [3.8, 4) is 0 Å². The topological polar surface area (TPSA) is 49.0 Å². The van der Waals surface area contributed by atoms with Crippen LogP contribution in [-0.4, -0.2) is 27.3 Å². The molecule has 0 spiro atoms. The van der Waals surface area contributed by atoms with E-state index in [1.807, 2.05) is 47.5 Å². The molecule has 0 saturated carbocycles. The molecule has 2 aromatic carbocycles. The standard InChI is InChI=1S/C21H19N3OS/c25-20(12-14-13-22-16-7-2-1-6-15(14)16)24-11-5-9-18(24)21-23-17-8-3-4-10-19(17)26-21/h1-4,6-8,10,13,18,22H,5,9,11-12H2. The molecule has 1 fully saturated rings. The van der Waals surface area contributed by atoms with Crippen molar-refractivity contribution in [1.29, 1.82) is 0 Å². The molecule has 1 saturated heterocycles. The van der Waals surface area contributed by atoms with Crippen LogP contribution in [0.4, 0.5) is 0 Å². The van der Waals surface area contributed by atoms with Gasteiger partial charge in [-0.05, 0) is 36.6 Å². The maximum atomic E-state index is 13.0. The Morgan fingerprint density at radius 2 is 2.04 bits per heavy atom. The lowest BCUT2D eigenvalue weighted by Crippen LogP contribution is -2.31.